The number of allylic oxidation sites excluding steroid dienone is 5. The third-order valence-corrected chi connectivity index (χ3v) is 3.91. The van der Waals surface area contributed by atoms with Crippen molar-refractivity contribution in [2.24, 2.45) is 5.92 Å². The van der Waals surface area contributed by atoms with Crippen molar-refractivity contribution in [1.29, 1.82) is 0 Å². The van der Waals surface area contributed by atoms with Gasteiger partial charge in [0.25, 0.3) is 0 Å². The van der Waals surface area contributed by atoms with Crippen molar-refractivity contribution in [2.75, 3.05) is 0 Å². The van der Waals surface area contributed by atoms with Crippen LogP contribution in [0.1, 0.15) is 18.7 Å². The van der Waals surface area contributed by atoms with Crippen LogP contribution >= 0.6 is 0 Å². The summed E-state index contributed by atoms with van der Waals surface area (Å²) in [4.78, 5) is 4.82. The summed E-state index contributed by atoms with van der Waals surface area (Å²) in [6.45, 7) is 2.26. The fraction of sp³-hybridized carbons (Fsp3) is 0.188. The van der Waals surface area contributed by atoms with E-state index in [0.717, 1.165) is 5.52 Å². The minimum atomic E-state index is 0.396. The van der Waals surface area contributed by atoms with Crippen molar-refractivity contribution < 1.29 is 0 Å². The summed E-state index contributed by atoms with van der Waals surface area (Å²) < 4.78 is 2.23. The lowest BCUT2D eigenvalue weighted by Crippen LogP contribution is -2.19. The average Bonchev–Trinajstić information content (AvgIpc) is 2.77. The number of aromatic nitrogens is 2. The molecule has 0 spiro atoms. The first-order chi connectivity index (χ1) is 8.84. The summed E-state index contributed by atoms with van der Waals surface area (Å²) in [6.07, 6.45) is 11.0. The summed E-state index contributed by atoms with van der Waals surface area (Å²) in [7, 11) is 0. The Morgan fingerprint density at radius 3 is 3.06 bits per heavy atom. The number of fused-ring (bicyclic) bond motifs is 5. The molecular weight excluding hydrogens is 220 g/mol. The molecule has 2 aliphatic rings. The van der Waals surface area contributed by atoms with Gasteiger partial charge in [0.1, 0.15) is 5.82 Å². The largest absolute Gasteiger partial charge is 0.303 e. The Kier molecular flexibility index (Phi) is 1.90. The number of imidazole rings is 1. The van der Waals surface area contributed by atoms with E-state index < -0.39 is 0 Å². The van der Waals surface area contributed by atoms with Gasteiger partial charge in [0.05, 0.1) is 11.0 Å². The molecule has 88 valence electrons. The van der Waals surface area contributed by atoms with Crippen LogP contribution in [0.25, 0.3) is 17.2 Å². The molecule has 1 aliphatic carbocycles. The Hall–Kier alpha value is -2.09. The highest BCUT2D eigenvalue weighted by molar-refractivity contribution is 5.79. The second kappa shape index (κ2) is 3.45. The highest BCUT2D eigenvalue weighted by Crippen LogP contribution is 2.39. The number of hydrogen-bond acceptors (Lipinski definition) is 1. The Morgan fingerprint density at radius 1 is 1.22 bits per heavy atom. The zero-order valence-corrected chi connectivity index (χ0v) is 10.2. The predicted molar refractivity (Wildman–Crippen MR) is 74.2 cm³/mol. The van der Waals surface area contributed by atoms with Gasteiger partial charge in [-0.1, -0.05) is 37.3 Å². The van der Waals surface area contributed by atoms with Crippen molar-refractivity contribution in [2.45, 2.75) is 12.8 Å². The van der Waals surface area contributed by atoms with Gasteiger partial charge in [-0.2, -0.15) is 0 Å². The lowest BCUT2D eigenvalue weighted by Gasteiger charge is -2.28. The molecule has 18 heavy (non-hydrogen) atoms. The van der Waals surface area contributed by atoms with Crippen molar-refractivity contribution >= 4 is 17.2 Å². The summed E-state index contributed by atoms with van der Waals surface area (Å²) in [5, 5.41) is 0. The van der Waals surface area contributed by atoms with E-state index in [0.29, 0.717) is 11.8 Å². The quantitative estimate of drug-likeness (QED) is 0.679. The fourth-order valence-corrected chi connectivity index (χ4v) is 3.00. The fourth-order valence-electron chi connectivity index (χ4n) is 3.00. The molecule has 2 unspecified atom stereocenters. The van der Waals surface area contributed by atoms with Crippen LogP contribution in [-0.4, -0.2) is 9.55 Å². The first kappa shape index (κ1) is 9.89. The van der Waals surface area contributed by atoms with Crippen molar-refractivity contribution in [3.63, 3.8) is 0 Å². The minimum absolute atomic E-state index is 0.396. The van der Waals surface area contributed by atoms with Crippen molar-refractivity contribution in [3.05, 3.63) is 60.0 Å². The molecule has 2 atom stereocenters. The molecule has 0 N–H and O–H groups in total. The molecule has 2 heteroatoms. The number of rotatable bonds is 0. The van der Waals surface area contributed by atoms with Gasteiger partial charge in [0, 0.05) is 12.1 Å². The van der Waals surface area contributed by atoms with E-state index in [1.54, 1.807) is 0 Å². The van der Waals surface area contributed by atoms with Crippen molar-refractivity contribution in [3.8, 4) is 0 Å². The molecular formula is C16H14N2. The van der Waals surface area contributed by atoms with Gasteiger partial charge in [0.15, 0.2) is 0 Å². The normalized spacial score (nSPS) is 24.8. The number of nitrogens with zero attached hydrogens (tertiary/aromatic N) is 2. The zero-order valence-electron chi connectivity index (χ0n) is 10.2. The SMILES string of the molecule is CC1C=CC=C2C=Cn3c(nc4ccccc43)C21. The lowest BCUT2D eigenvalue weighted by molar-refractivity contribution is 0.576. The molecule has 2 aromatic rings. The van der Waals surface area contributed by atoms with Gasteiger partial charge in [0.2, 0.25) is 0 Å². The minimum Gasteiger partial charge on any atom is -0.303 e. The first-order valence-electron chi connectivity index (χ1n) is 6.38. The third kappa shape index (κ3) is 1.20. The second-order valence-corrected chi connectivity index (χ2v) is 5.03. The van der Waals surface area contributed by atoms with E-state index in [-0.39, 0.29) is 0 Å². The van der Waals surface area contributed by atoms with Gasteiger partial charge in [-0.05, 0) is 29.7 Å². The maximum atomic E-state index is 4.82. The maximum absolute atomic E-state index is 4.82. The first-order valence-corrected chi connectivity index (χ1v) is 6.38. The average molecular weight is 234 g/mol. The smallest absolute Gasteiger partial charge is 0.122 e. The highest BCUT2D eigenvalue weighted by atomic mass is 15.1. The zero-order chi connectivity index (χ0) is 12.1. The summed E-state index contributed by atoms with van der Waals surface area (Å²) in [5.41, 5.74) is 3.65. The van der Waals surface area contributed by atoms with Crippen LogP contribution in [0, 0.1) is 5.92 Å². The molecule has 0 bridgehead atoms. The topological polar surface area (TPSA) is 17.8 Å². The highest BCUT2D eigenvalue weighted by Gasteiger charge is 2.29. The van der Waals surface area contributed by atoms with E-state index in [4.69, 9.17) is 4.98 Å². The van der Waals surface area contributed by atoms with Crippen LogP contribution < -0.4 is 0 Å². The van der Waals surface area contributed by atoms with Crippen LogP contribution in [0.15, 0.2) is 54.1 Å². The van der Waals surface area contributed by atoms with Crippen LogP contribution in [-0.2, 0) is 0 Å². The van der Waals surface area contributed by atoms with Crippen molar-refractivity contribution in [1.82, 2.24) is 9.55 Å². The van der Waals surface area contributed by atoms with E-state index in [1.807, 2.05) is 6.07 Å². The molecule has 1 aromatic carbocycles. The summed E-state index contributed by atoms with van der Waals surface area (Å²) in [6, 6.07) is 8.34. The molecule has 1 aromatic heterocycles. The summed E-state index contributed by atoms with van der Waals surface area (Å²) >= 11 is 0. The van der Waals surface area contributed by atoms with Gasteiger partial charge in [-0.3, -0.25) is 0 Å². The molecule has 2 heterocycles. The predicted octanol–water partition coefficient (Wildman–Crippen LogP) is 3.74. The Morgan fingerprint density at radius 2 is 2.11 bits per heavy atom. The Balaban J connectivity index is 2.02. The monoisotopic (exact) mass is 234 g/mol. The number of para-hydroxylation sites is 2. The van der Waals surface area contributed by atoms with Crippen LogP contribution in [0.5, 0.6) is 0 Å². The lowest BCUT2D eigenvalue weighted by atomic mass is 9.81. The maximum Gasteiger partial charge on any atom is 0.122 e. The van der Waals surface area contributed by atoms with E-state index in [9.17, 15) is 0 Å². The molecule has 4 rings (SSSR count). The number of hydrogen-bond donors (Lipinski definition) is 0. The van der Waals surface area contributed by atoms with Gasteiger partial charge in [-0.15, -0.1) is 0 Å². The Labute approximate surface area is 106 Å². The molecule has 1 aliphatic heterocycles. The van der Waals surface area contributed by atoms with E-state index in [1.165, 1.54) is 16.9 Å². The number of benzene rings is 1. The van der Waals surface area contributed by atoms with E-state index >= 15 is 0 Å². The molecule has 0 fully saturated rings. The molecule has 0 amide bonds. The summed E-state index contributed by atoms with van der Waals surface area (Å²) in [5.74, 6) is 2.07. The Bertz CT molecular complexity index is 716. The molecule has 2 nitrogen and oxygen atoms in total. The second-order valence-electron chi connectivity index (χ2n) is 5.03. The molecule has 0 radical (unpaired) electrons. The molecule has 0 saturated carbocycles. The van der Waals surface area contributed by atoms with Gasteiger partial charge >= 0.3 is 0 Å². The van der Waals surface area contributed by atoms with Crippen LogP contribution in [0.2, 0.25) is 0 Å². The van der Waals surface area contributed by atoms with Crippen LogP contribution in [0.4, 0.5) is 0 Å². The van der Waals surface area contributed by atoms with E-state index in [2.05, 4.69) is 60.2 Å². The van der Waals surface area contributed by atoms with Gasteiger partial charge < -0.3 is 4.57 Å². The third-order valence-electron chi connectivity index (χ3n) is 3.91. The molecule has 0 saturated heterocycles. The van der Waals surface area contributed by atoms with Crippen LogP contribution in [0.3, 0.4) is 0 Å². The standard InChI is InChI=1S/C16H14N2/c1-11-5-4-6-12-9-10-18-14-8-3-2-7-13(14)17-16(18)15(11)12/h2-11,15H,1H3. The van der Waals surface area contributed by atoms with Gasteiger partial charge in [-0.25, -0.2) is 4.98 Å².